The molecule has 0 amide bonds. The fourth-order valence-electron chi connectivity index (χ4n) is 3.31. The number of aliphatic imine (C=N–C) groups is 1. The van der Waals surface area contributed by atoms with Gasteiger partial charge in [-0.25, -0.2) is 0 Å². The maximum atomic E-state index is 5.45. The van der Waals surface area contributed by atoms with Crippen LogP contribution in [0.4, 0.5) is 0 Å². The third-order valence-electron chi connectivity index (χ3n) is 4.89. The molecule has 3 rings (SSSR count). The summed E-state index contributed by atoms with van der Waals surface area (Å²) in [6, 6.07) is 5.94. The number of hydrogen-bond acceptors (Lipinski definition) is 4. The molecular weight excluding hydrogens is 455 g/mol. The highest BCUT2D eigenvalue weighted by molar-refractivity contribution is 14.0. The van der Waals surface area contributed by atoms with E-state index < -0.39 is 0 Å². The molecule has 1 fully saturated rings. The van der Waals surface area contributed by atoms with E-state index in [4.69, 9.17) is 9.73 Å². The van der Waals surface area contributed by atoms with Gasteiger partial charge in [-0.1, -0.05) is 6.07 Å². The standard InChI is InChI=1S/C19H30N6O.HI/c1-3-20-19(24(2)13-8-16-9-14-26-15-10-16)21-11-7-18-23-22-17-6-4-5-12-25(17)18;/h4-6,12,16H,3,7-11,13-15H2,1-2H3,(H,20,21);1H. The summed E-state index contributed by atoms with van der Waals surface area (Å²) >= 11 is 0. The Bertz CT molecular complexity index is 713. The Kier molecular flexibility index (Phi) is 9.26. The van der Waals surface area contributed by atoms with E-state index in [1.54, 1.807) is 0 Å². The Morgan fingerprint density at radius 1 is 1.33 bits per heavy atom. The third-order valence-corrected chi connectivity index (χ3v) is 4.89. The van der Waals surface area contributed by atoms with Gasteiger partial charge in [-0.3, -0.25) is 9.39 Å². The van der Waals surface area contributed by atoms with Crippen LogP contribution in [0.15, 0.2) is 29.4 Å². The van der Waals surface area contributed by atoms with Crippen LogP contribution >= 0.6 is 24.0 Å². The maximum Gasteiger partial charge on any atom is 0.193 e. The van der Waals surface area contributed by atoms with Gasteiger partial charge in [0.2, 0.25) is 0 Å². The predicted molar refractivity (Wildman–Crippen MR) is 119 cm³/mol. The van der Waals surface area contributed by atoms with Gasteiger partial charge in [0.25, 0.3) is 0 Å². The number of aromatic nitrogens is 3. The molecule has 0 saturated carbocycles. The zero-order chi connectivity index (χ0) is 18.2. The number of hydrogen-bond donors (Lipinski definition) is 1. The van der Waals surface area contributed by atoms with Gasteiger partial charge in [0.05, 0.1) is 0 Å². The highest BCUT2D eigenvalue weighted by atomic mass is 127. The molecular formula is C19H31IN6O. The van der Waals surface area contributed by atoms with Crippen molar-refractivity contribution in [2.75, 3.05) is 39.9 Å². The lowest BCUT2D eigenvalue weighted by atomic mass is 9.96. The quantitative estimate of drug-likeness (QED) is 0.370. The molecule has 2 aromatic rings. The molecule has 2 aromatic heterocycles. The van der Waals surface area contributed by atoms with Crippen molar-refractivity contribution in [2.24, 2.45) is 10.9 Å². The molecule has 3 heterocycles. The molecule has 7 nitrogen and oxygen atoms in total. The zero-order valence-electron chi connectivity index (χ0n) is 16.3. The molecule has 0 aromatic carbocycles. The Labute approximate surface area is 178 Å². The molecule has 0 bridgehead atoms. The highest BCUT2D eigenvalue weighted by Gasteiger charge is 2.15. The summed E-state index contributed by atoms with van der Waals surface area (Å²) in [6.45, 7) is 6.51. The van der Waals surface area contributed by atoms with Crippen LogP contribution in [-0.4, -0.2) is 65.4 Å². The zero-order valence-corrected chi connectivity index (χ0v) is 18.6. The fourth-order valence-corrected chi connectivity index (χ4v) is 3.31. The summed E-state index contributed by atoms with van der Waals surface area (Å²) in [4.78, 5) is 7.02. The van der Waals surface area contributed by atoms with Crippen molar-refractivity contribution >= 4 is 35.6 Å². The minimum atomic E-state index is 0. The van der Waals surface area contributed by atoms with E-state index in [1.165, 1.54) is 19.3 Å². The first-order valence-corrected chi connectivity index (χ1v) is 9.63. The Morgan fingerprint density at radius 2 is 2.15 bits per heavy atom. The maximum absolute atomic E-state index is 5.45. The molecule has 27 heavy (non-hydrogen) atoms. The third kappa shape index (κ3) is 6.31. The van der Waals surface area contributed by atoms with E-state index >= 15 is 0 Å². The SMILES string of the molecule is CCNC(=NCCc1nnc2ccccn12)N(C)CCC1CCOCC1.I. The molecule has 0 spiro atoms. The van der Waals surface area contributed by atoms with Gasteiger partial charge in [-0.05, 0) is 44.2 Å². The van der Waals surface area contributed by atoms with Crippen LogP contribution in [-0.2, 0) is 11.2 Å². The second-order valence-corrected chi connectivity index (χ2v) is 6.80. The van der Waals surface area contributed by atoms with Crippen molar-refractivity contribution in [3.8, 4) is 0 Å². The smallest absolute Gasteiger partial charge is 0.193 e. The van der Waals surface area contributed by atoms with Gasteiger partial charge in [-0.2, -0.15) is 0 Å². The first-order chi connectivity index (χ1) is 12.8. The average molecular weight is 486 g/mol. The summed E-state index contributed by atoms with van der Waals surface area (Å²) in [5.74, 6) is 2.69. The van der Waals surface area contributed by atoms with Gasteiger partial charge in [0.1, 0.15) is 5.82 Å². The molecule has 8 heteroatoms. The average Bonchev–Trinajstić information content (AvgIpc) is 3.09. The van der Waals surface area contributed by atoms with Gasteiger partial charge in [0.15, 0.2) is 11.6 Å². The number of pyridine rings is 1. The molecule has 1 N–H and O–H groups in total. The molecule has 1 aliphatic rings. The Balaban J connectivity index is 0.00000261. The van der Waals surface area contributed by atoms with Crippen LogP contribution in [0.2, 0.25) is 0 Å². The number of guanidine groups is 1. The summed E-state index contributed by atoms with van der Waals surface area (Å²) in [7, 11) is 2.12. The molecule has 0 radical (unpaired) electrons. The van der Waals surface area contributed by atoms with Crippen LogP contribution in [0, 0.1) is 5.92 Å². The molecule has 0 atom stereocenters. The summed E-state index contributed by atoms with van der Waals surface area (Å²) < 4.78 is 7.47. The number of nitrogens with one attached hydrogen (secondary N) is 1. The van der Waals surface area contributed by atoms with E-state index in [0.717, 1.165) is 56.1 Å². The number of halogens is 1. The molecule has 1 aliphatic heterocycles. The van der Waals surface area contributed by atoms with Crippen molar-refractivity contribution < 1.29 is 4.74 Å². The van der Waals surface area contributed by atoms with E-state index in [1.807, 2.05) is 28.8 Å². The summed E-state index contributed by atoms with van der Waals surface area (Å²) in [5, 5.41) is 11.9. The topological polar surface area (TPSA) is 67.0 Å². The van der Waals surface area contributed by atoms with Gasteiger partial charge < -0.3 is 15.0 Å². The van der Waals surface area contributed by atoms with E-state index in [-0.39, 0.29) is 24.0 Å². The van der Waals surface area contributed by atoms with Crippen LogP contribution < -0.4 is 5.32 Å². The number of rotatable bonds is 7. The number of fused-ring (bicyclic) bond motifs is 1. The normalized spacial score (nSPS) is 15.6. The Hall–Kier alpha value is -1.42. The minimum Gasteiger partial charge on any atom is -0.381 e. The van der Waals surface area contributed by atoms with Crippen LogP contribution in [0.5, 0.6) is 0 Å². The lowest BCUT2D eigenvalue weighted by molar-refractivity contribution is 0.0625. The van der Waals surface area contributed by atoms with Crippen LogP contribution in [0.1, 0.15) is 32.0 Å². The van der Waals surface area contributed by atoms with Crippen molar-refractivity contribution in [3.05, 3.63) is 30.2 Å². The Morgan fingerprint density at radius 3 is 2.93 bits per heavy atom. The van der Waals surface area contributed by atoms with E-state index in [0.29, 0.717) is 6.54 Å². The fraction of sp³-hybridized carbons (Fsp3) is 0.632. The lowest BCUT2D eigenvalue weighted by Crippen LogP contribution is -2.40. The van der Waals surface area contributed by atoms with Crippen molar-refractivity contribution in [3.63, 3.8) is 0 Å². The van der Waals surface area contributed by atoms with Crippen LogP contribution in [0.3, 0.4) is 0 Å². The van der Waals surface area contributed by atoms with E-state index in [2.05, 4.69) is 34.4 Å². The van der Waals surface area contributed by atoms with Crippen LogP contribution in [0.25, 0.3) is 5.65 Å². The number of nitrogens with zero attached hydrogens (tertiary/aromatic N) is 5. The lowest BCUT2D eigenvalue weighted by Gasteiger charge is -2.26. The number of ether oxygens (including phenoxy) is 1. The van der Waals surface area contributed by atoms with Gasteiger partial charge in [-0.15, -0.1) is 34.2 Å². The highest BCUT2D eigenvalue weighted by Crippen LogP contribution is 2.18. The molecule has 150 valence electrons. The molecule has 0 unspecified atom stereocenters. The summed E-state index contributed by atoms with van der Waals surface area (Å²) in [5.41, 5.74) is 0.881. The minimum absolute atomic E-state index is 0. The largest absolute Gasteiger partial charge is 0.381 e. The molecule has 0 aliphatic carbocycles. The van der Waals surface area contributed by atoms with Crippen molar-refractivity contribution in [1.29, 1.82) is 0 Å². The first-order valence-electron chi connectivity index (χ1n) is 9.63. The second-order valence-electron chi connectivity index (χ2n) is 6.80. The molecule has 1 saturated heterocycles. The van der Waals surface area contributed by atoms with Crippen molar-refractivity contribution in [1.82, 2.24) is 24.8 Å². The first kappa shape index (κ1) is 21.9. The van der Waals surface area contributed by atoms with Gasteiger partial charge >= 0.3 is 0 Å². The second kappa shape index (κ2) is 11.4. The van der Waals surface area contributed by atoms with Gasteiger partial charge in [0, 0.05) is 52.5 Å². The van der Waals surface area contributed by atoms with Crippen molar-refractivity contribution in [2.45, 2.75) is 32.6 Å². The summed E-state index contributed by atoms with van der Waals surface area (Å²) in [6.07, 6.45) is 6.33. The van der Waals surface area contributed by atoms with E-state index in [9.17, 15) is 0 Å². The monoisotopic (exact) mass is 486 g/mol. The predicted octanol–water partition coefficient (Wildman–Crippen LogP) is 2.60.